The topological polar surface area (TPSA) is 114 Å². The Kier molecular flexibility index (Phi) is 6.28. The van der Waals surface area contributed by atoms with Crippen molar-refractivity contribution in [3.8, 4) is 5.88 Å². The standard InChI is InChI=1S/C21H28N4O5/c1-21(2,3)30-20(28)25-9-7-13(8-10-25)11-22-17-14-5-6-16(29-4)24-18(14)23-12-15(17)19(26)27/h5-6,12-13H,7-11H2,1-4H3,(H,26,27)(H,22,23,24). The van der Waals surface area contributed by atoms with E-state index in [0.29, 0.717) is 48.2 Å². The Morgan fingerprint density at radius 2 is 1.97 bits per heavy atom. The fraction of sp³-hybridized carbons (Fsp3) is 0.524. The summed E-state index contributed by atoms with van der Waals surface area (Å²) >= 11 is 0. The van der Waals surface area contributed by atoms with Crippen LogP contribution in [0.1, 0.15) is 44.0 Å². The minimum Gasteiger partial charge on any atom is -0.481 e. The zero-order chi connectivity index (χ0) is 21.9. The number of amides is 1. The molecule has 2 aromatic rings. The number of rotatable bonds is 5. The minimum atomic E-state index is -1.05. The van der Waals surface area contributed by atoms with Crippen molar-refractivity contribution in [1.29, 1.82) is 0 Å². The number of aromatic carboxylic acids is 1. The smallest absolute Gasteiger partial charge is 0.410 e. The van der Waals surface area contributed by atoms with Crippen LogP contribution in [0.15, 0.2) is 18.3 Å². The van der Waals surface area contributed by atoms with Gasteiger partial charge in [-0.1, -0.05) is 0 Å². The first-order valence-electron chi connectivity index (χ1n) is 9.97. The maximum atomic E-state index is 12.2. The maximum Gasteiger partial charge on any atom is 0.410 e. The number of anilines is 1. The third-order valence-corrected chi connectivity index (χ3v) is 4.98. The Bertz CT molecular complexity index is 933. The van der Waals surface area contributed by atoms with Crippen molar-refractivity contribution in [2.24, 2.45) is 5.92 Å². The number of pyridine rings is 2. The summed E-state index contributed by atoms with van der Waals surface area (Å²) in [6.07, 6.45) is 2.64. The van der Waals surface area contributed by atoms with Crippen LogP contribution in [0.5, 0.6) is 5.88 Å². The number of ether oxygens (including phenoxy) is 2. The van der Waals surface area contributed by atoms with Crippen LogP contribution in [-0.2, 0) is 4.74 Å². The molecule has 2 N–H and O–H groups in total. The first-order valence-corrected chi connectivity index (χ1v) is 9.97. The van der Waals surface area contributed by atoms with E-state index in [9.17, 15) is 14.7 Å². The van der Waals surface area contributed by atoms with Gasteiger partial charge in [-0.3, -0.25) is 0 Å². The van der Waals surface area contributed by atoms with Crippen LogP contribution in [0.2, 0.25) is 0 Å². The van der Waals surface area contributed by atoms with Gasteiger partial charge in [0.25, 0.3) is 0 Å². The number of carboxylic acids is 1. The molecule has 0 unspecified atom stereocenters. The highest BCUT2D eigenvalue weighted by Crippen LogP contribution is 2.28. The third-order valence-electron chi connectivity index (χ3n) is 4.98. The number of aromatic nitrogens is 2. The van der Waals surface area contributed by atoms with Gasteiger partial charge in [0.2, 0.25) is 5.88 Å². The lowest BCUT2D eigenvalue weighted by molar-refractivity contribution is 0.0188. The van der Waals surface area contributed by atoms with Crippen molar-refractivity contribution < 1.29 is 24.2 Å². The van der Waals surface area contributed by atoms with E-state index in [1.54, 1.807) is 17.0 Å². The first kappa shape index (κ1) is 21.6. The summed E-state index contributed by atoms with van der Waals surface area (Å²) in [5.74, 6) is -0.333. The van der Waals surface area contributed by atoms with Gasteiger partial charge in [-0.15, -0.1) is 0 Å². The van der Waals surface area contributed by atoms with Crippen LogP contribution in [0, 0.1) is 5.92 Å². The summed E-state index contributed by atoms with van der Waals surface area (Å²) in [7, 11) is 1.52. The summed E-state index contributed by atoms with van der Waals surface area (Å²) in [4.78, 5) is 34.1. The van der Waals surface area contributed by atoms with Gasteiger partial charge in [0.05, 0.1) is 12.8 Å². The van der Waals surface area contributed by atoms with Gasteiger partial charge >= 0.3 is 12.1 Å². The molecule has 0 bridgehead atoms. The molecule has 1 fully saturated rings. The fourth-order valence-electron chi connectivity index (χ4n) is 3.42. The summed E-state index contributed by atoms with van der Waals surface area (Å²) in [6.45, 7) is 7.38. The van der Waals surface area contributed by atoms with Crippen LogP contribution in [0.25, 0.3) is 11.0 Å². The molecule has 30 heavy (non-hydrogen) atoms. The van der Waals surface area contributed by atoms with Gasteiger partial charge in [0.1, 0.15) is 11.2 Å². The Balaban J connectivity index is 1.68. The summed E-state index contributed by atoms with van der Waals surface area (Å²) in [5.41, 5.74) is 0.501. The second-order valence-electron chi connectivity index (χ2n) is 8.37. The van der Waals surface area contributed by atoms with Gasteiger partial charge in [-0.05, 0) is 45.6 Å². The molecule has 1 saturated heterocycles. The normalized spacial score (nSPS) is 15.1. The van der Waals surface area contributed by atoms with Crippen molar-refractivity contribution >= 4 is 28.8 Å². The lowest BCUT2D eigenvalue weighted by Gasteiger charge is -2.33. The molecule has 0 spiro atoms. The molecular weight excluding hydrogens is 388 g/mol. The lowest BCUT2D eigenvalue weighted by Crippen LogP contribution is -2.42. The molecule has 162 valence electrons. The Morgan fingerprint density at radius 3 is 2.57 bits per heavy atom. The summed E-state index contributed by atoms with van der Waals surface area (Å²) < 4.78 is 10.6. The van der Waals surface area contributed by atoms with Gasteiger partial charge in [0.15, 0.2) is 5.65 Å². The van der Waals surface area contributed by atoms with E-state index >= 15 is 0 Å². The summed E-state index contributed by atoms with van der Waals surface area (Å²) in [5, 5.41) is 13.5. The minimum absolute atomic E-state index is 0.0978. The number of carbonyl (C=O) groups excluding carboxylic acids is 1. The zero-order valence-corrected chi connectivity index (χ0v) is 17.8. The van der Waals surface area contributed by atoms with E-state index in [4.69, 9.17) is 9.47 Å². The molecule has 3 heterocycles. The number of carbonyl (C=O) groups is 2. The van der Waals surface area contributed by atoms with E-state index in [0.717, 1.165) is 12.8 Å². The number of hydrogen-bond acceptors (Lipinski definition) is 7. The molecule has 1 amide bonds. The number of fused-ring (bicyclic) bond motifs is 1. The zero-order valence-electron chi connectivity index (χ0n) is 17.8. The molecule has 0 aromatic carbocycles. The van der Waals surface area contributed by atoms with E-state index in [1.165, 1.54) is 13.3 Å². The van der Waals surface area contributed by atoms with Crippen LogP contribution in [0.4, 0.5) is 10.5 Å². The molecule has 0 radical (unpaired) electrons. The second-order valence-corrected chi connectivity index (χ2v) is 8.37. The Labute approximate surface area is 175 Å². The van der Waals surface area contributed by atoms with Crippen molar-refractivity contribution in [3.63, 3.8) is 0 Å². The average Bonchev–Trinajstić information content (AvgIpc) is 2.70. The lowest BCUT2D eigenvalue weighted by atomic mass is 9.96. The van der Waals surface area contributed by atoms with E-state index in [1.807, 2.05) is 20.8 Å². The molecule has 1 aliphatic rings. The van der Waals surface area contributed by atoms with Crippen molar-refractivity contribution in [1.82, 2.24) is 14.9 Å². The van der Waals surface area contributed by atoms with Crippen LogP contribution in [-0.4, -0.2) is 64.4 Å². The van der Waals surface area contributed by atoms with Crippen molar-refractivity contribution in [3.05, 3.63) is 23.9 Å². The molecular formula is C21H28N4O5. The van der Waals surface area contributed by atoms with Crippen molar-refractivity contribution in [2.45, 2.75) is 39.2 Å². The van der Waals surface area contributed by atoms with Crippen LogP contribution in [0.3, 0.4) is 0 Å². The predicted molar refractivity (Wildman–Crippen MR) is 112 cm³/mol. The monoisotopic (exact) mass is 416 g/mol. The van der Waals surface area contributed by atoms with Crippen LogP contribution >= 0.6 is 0 Å². The highest BCUT2D eigenvalue weighted by atomic mass is 16.6. The molecule has 9 heteroatoms. The third kappa shape index (κ3) is 5.08. The number of likely N-dealkylation sites (tertiary alicyclic amines) is 1. The number of nitrogens with one attached hydrogen (secondary N) is 1. The number of methoxy groups -OCH3 is 1. The molecule has 3 rings (SSSR count). The SMILES string of the molecule is COc1ccc2c(NCC3CCN(C(=O)OC(C)(C)C)CC3)c(C(=O)O)cnc2n1. The number of nitrogens with zero attached hydrogens (tertiary/aromatic N) is 3. The number of piperidine rings is 1. The molecule has 2 aromatic heterocycles. The quantitative estimate of drug-likeness (QED) is 0.762. The largest absolute Gasteiger partial charge is 0.481 e. The molecule has 9 nitrogen and oxygen atoms in total. The number of hydrogen-bond donors (Lipinski definition) is 2. The number of carboxylic acid groups (broad SMARTS) is 1. The van der Waals surface area contributed by atoms with Gasteiger partial charge in [-0.25, -0.2) is 14.6 Å². The molecule has 0 saturated carbocycles. The van der Waals surface area contributed by atoms with Crippen molar-refractivity contribution in [2.75, 3.05) is 32.1 Å². The predicted octanol–water partition coefficient (Wildman–Crippen LogP) is 3.40. The summed E-state index contributed by atoms with van der Waals surface area (Å²) in [6, 6.07) is 3.44. The molecule has 1 aliphatic heterocycles. The van der Waals surface area contributed by atoms with Crippen LogP contribution < -0.4 is 10.1 Å². The Hall–Kier alpha value is -3.10. The second kappa shape index (κ2) is 8.73. The average molecular weight is 416 g/mol. The highest BCUT2D eigenvalue weighted by Gasteiger charge is 2.27. The van der Waals surface area contributed by atoms with Gasteiger partial charge < -0.3 is 24.8 Å². The highest BCUT2D eigenvalue weighted by molar-refractivity contribution is 6.03. The van der Waals surface area contributed by atoms with E-state index < -0.39 is 11.6 Å². The molecule has 0 atom stereocenters. The Morgan fingerprint density at radius 1 is 1.27 bits per heavy atom. The van der Waals surface area contributed by atoms with Gasteiger partial charge in [-0.2, -0.15) is 4.98 Å². The van der Waals surface area contributed by atoms with E-state index in [-0.39, 0.29) is 11.7 Å². The maximum absolute atomic E-state index is 12.2. The molecule has 0 aliphatic carbocycles. The van der Waals surface area contributed by atoms with E-state index in [2.05, 4.69) is 15.3 Å². The fourth-order valence-corrected chi connectivity index (χ4v) is 3.42. The van der Waals surface area contributed by atoms with Gasteiger partial charge in [0, 0.05) is 37.3 Å². The first-order chi connectivity index (χ1) is 14.2.